The van der Waals surface area contributed by atoms with Crippen molar-refractivity contribution in [3.05, 3.63) is 10.4 Å². The Balaban J connectivity index is 4.43. The fraction of sp³-hybridized carbons (Fsp3) is 0.750. The van der Waals surface area contributed by atoms with Crippen molar-refractivity contribution in [3.63, 3.8) is 0 Å². The van der Waals surface area contributed by atoms with Gasteiger partial charge in [0.25, 0.3) is 0 Å². The third-order valence-corrected chi connectivity index (χ3v) is 1.09. The molecule has 7 nitrogen and oxygen atoms in total. The zero-order valence-electron chi connectivity index (χ0n) is 12.1. The Morgan fingerprint density at radius 1 is 1.60 bits per heavy atom. The summed E-state index contributed by atoms with van der Waals surface area (Å²) >= 11 is 0. The van der Waals surface area contributed by atoms with Crippen LogP contribution in [-0.2, 0) is 19.1 Å². The molecule has 0 rings (SSSR count). The van der Waals surface area contributed by atoms with Crippen molar-refractivity contribution in [2.75, 3.05) is 26.3 Å². The number of azide groups is 1. The maximum Gasteiger partial charge on any atom is 0.313 e. The van der Waals surface area contributed by atoms with Crippen molar-refractivity contribution in [3.8, 4) is 0 Å². The SMILES string of the molecule is [2H]C([2H])(N=[N+]=[N-])C([2H])([2H])OCC(=O)CC(=O)OCC. The lowest BCUT2D eigenvalue weighted by Gasteiger charge is -2.01. The van der Waals surface area contributed by atoms with Gasteiger partial charge in [-0.1, -0.05) is 5.11 Å². The summed E-state index contributed by atoms with van der Waals surface area (Å²) < 4.78 is 37.6. The number of ether oxygens (including phenoxy) is 2. The normalized spacial score (nSPS) is 15.0. The van der Waals surface area contributed by atoms with Crippen molar-refractivity contribution in [1.82, 2.24) is 0 Å². The molecule has 0 saturated heterocycles. The molecule has 0 aromatic rings. The molecule has 0 aromatic carbocycles. The molecule has 0 heterocycles. The molecule has 0 saturated carbocycles. The van der Waals surface area contributed by atoms with E-state index < -0.39 is 37.8 Å². The van der Waals surface area contributed by atoms with E-state index in [1.165, 1.54) is 0 Å². The largest absolute Gasteiger partial charge is 0.466 e. The number of ketones is 1. The summed E-state index contributed by atoms with van der Waals surface area (Å²) in [6.07, 6.45) is -0.603. The molecule has 0 aliphatic heterocycles. The van der Waals surface area contributed by atoms with Gasteiger partial charge in [-0.3, -0.25) is 9.59 Å². The third kappa shape index (κ3) is 8.73. The summed E-state index contributed by atoms with van der Waals surface area (Å²) in [6, 6.07) is 0. The lowest BCUT2D eigenvalue weighted by Crippen LogP contribution is -2.16. The monoisotopic (exact) mass is 219 g/mol. The van der Waals surface area contributed by atoms with Crippen molar-refractivity contribution in [2.45, 2.75) is 13.3 Å². The molecule has 7 heteroatoms. The second-order valence-electron chi connectivity index (χ2n) is 2.21. The van der Waals surface area contributed by atoms with Crippen LogP contribution in [0, 0.1) is 0 Å². The van der Waals surface area contributed by atoms with Crippen molar-refractivity contribution >= 4 is 11.8 Å². The second kappa shape index (κ2) is 8.98. The molecular weight excluding hydrogens is 202 g/mol. The lowest BCUT2D eigenvalue weighted by molar-refractivity contribution is -0.146. The molecule has 84 valence electrons. The predicted octanol–water partition coefficient (Wildman–Crippen LogP) is 0.836. The topological polar surface area (TPSA) is 101 Å². The highest BCUT2D eigenvalue weighted by atomic mass is 16.5. The van der Waals surface area contributed by atoms with Crippen LogP contribution in [-0.4, -0.2) is 38.0 Å². The van der Waals surface area contributed by atoms with Gasteiger partial charge in [0.15, 0.2) is 5.78 Å². The van der Waals surface area contributed by atoms with Gasteiger partial charge < -0.3 is 9.47 Å². The number of esters is 1. The fourth-order valence-corrected chi connectivity index (χ4v) is 0.616. The van der Waals surface area contributed by atoms with Gasteiger partial charge in [-0.05, 0) is 12.5 Å². The fourth-order valence-electron chi connectivity index (χ4n) is 0.616. The minimum Gasteiger partial charge on any atom is -0.466 e. The number of Topliss-reactive ketones (excluding diaryl/α,β-unsaturated/α-hetero) is 1. The van der Waals surface area contributed by atoms with Gasteiger partial charge in [-0.25, -0.2) is 0 Å². The number of rotatable bonds is 8. The molecule has 0 bridgehead atoms. The van der Waals surface area contributed by atoms with Crippen LogP contribution in [0.2, 0.25) is 0 Å². The summed E-state index contributed by atoms with van der Waals surface area (Å²) in [5.74, 6) is -1.56. The first kappa shape index (κ1) is 7.67. The van der Waals surface area contributed by atoms with Gasteiger partial charge in [0, 0.05) is 14.2 Å². The molecule has 0 atom stereocenters. The van der Waals surface area contributed by atoms with E-state index in [9.17, 15) is 9.59 Å². The third-order valence-electron chi connectivity index (χ3n) is 1.09. The smallest absolute Gasteiger partial charge is 0.313 e. The van der Waals surface area contributed by atoms with Gasteiger partial charge in [0.05, 0.1) is 15.9 Å². The van der Waals surface area contributed by atoms with Crippen LogP contribution in [0.25, 0.3) is 10.4 Å². The molecule has 0 aliphatic carbocycles. The Kier molecular flexibility index (Phi) is 4.59. The van der Waals surface area contributed by atoms with E-state index in [1.54, 1.807) is 6.92 Å². The molecule has 0 aromatic heterocycles. The molecule has 0 amide bonds. The molecule has 0 spiro atoms. The van der Waals surface area contributed by atoms with E-state index in [2.05, 4.69) is 19.5 Å². The molecule has 0 fully saturated rings. The number of hydrogen-bond acceptors (Lipinski definition) is 5. The standard InChI is InChI=1S/C8H13N3O4/c1-2-15-8(13)5-7(12)6-14-4-3-10-11-9/h2-6H2,1H3/i3D2,4D2. The van der Waals surface area contributed by atoms with E-state index >= 15 is 0 Å². The average Bonchev–Trinajstić information content (AvgIpc) is 2.26. The number of carbonyl (C=O) groups is 2. The number of nitrogens with zero attached hydrogens (tertiary/aromatic N) is 3. The van der Waals surface area contributed by atoms with Crippen LogP contribution in [0.5, 0.6) is 0 Å². The lowest BCUT2D eigenvalue weighted by atomic mass is 10.3. The Bertz CT molecular complexity index is 395. The second-order valence-corrected chi connectivity index (χ2v) is 2.21. The van der Waals surface area contributed by atoms with E-state index in [1.807, 2.05) is 0 Å². The molecule has 0 N–H and O–H groups in total. The van der Waals surface area contributed by atoms with E-state index in [-0.39, 0.29) is 6.61 Å². The molecule has 0 unspecified atom stereocenters. The van der Waals surface area contributed by atoms with E-state index in [0.29, 0.717) is 0 Å². The zero-order chi connectivity index (χ0) is 15.1. The highest BCUT2D eigenvalue weighted by Gasteiger charge is 2.09. The maximum atomic E-state index is 11.2. The first-order valence-electron chi connectivity index (χ1n) is 6.04. The van der Waals surface area contributed by atoms with Crippen molar-refractivity contribution < 1.29 is 24.5 Å². The molecule has 0 radical (unpaired) electrons. The van der Waals surface area contributed by atoms with Gasteiger partial charge >= 0.3 is 5.97 Å². The minimum absolute atomic E-state index is 0.104. The Hall–Kier alpha value is -1.59. The van der Waals surface area contributed by atoms with E-state index in [4.69, 9.17) is 11.0 Å². The Morgan fingerprint density at radius 2 is 2.33 bits per heavy atom. The summed E-state index contributed by atoms with van der Waals surface area (Å²) in [4.78, 5) is 24.3. The van der Waals surface area contributed by atoms with Crippen molar-refractivity contribution in [2.24, 2.45) is 5.11 Å². The van der Waals surface area contributed by atoms with Gasteiger partial charge in [0.1, 0.15) is 13.0 Å². The predicted molar refractivity (Wildman–Crippen MR) is 51.1 cm³/mol. The minimum atomic E-state index is -3.00. The highest BCUT2D eigenvalue weighted by molar-refractivity contribution is 5.96. The van der Waals surface area contributed by atoms with Gasteiger partial charge in [-0.2, -0.15) is 0 Å². The first-order chi connectivity index (χ1) is 8.66. The zero-order valence-corrected chi connectivity index (χ0v) is 8.10. The molecular formula is C8H13N3O4. The maximum absolute atomic E-state index is 11.2. The Morgan fingerprint density at radius 3 is 2.93 bits per heavy atom. The van der Waals surface area contributed by atoms with Crippen LogP contribution < -0.4 is 0 Å². The van der Waals surface area contributed by atoms with Crippen LogP contribution in [0.3, 0.4) is 0 Å². The van der Waals surface area contributed by atoms with Crippen molar-refractivity contribution in [1.29, 1.82) is 0 Å². The number of carbonyl (C=O) groups excluding carboxylic acids is 2. The summed E-state index contributed by atoms with van der Waals surface area (Å²) in [7, 11) is 0. The van der Waals surface area contributed by atoms with Crippen LogP contribution >= 0.6 is 0 Å². The molecule has 0 aliphatic rings. The average molecular weight is 219 g/mol. The van der Waals surface area contributed by atoms with Gasteiger partial charge in [0.2, 0.25) is 0 Å². The summed E-state index contributed by atoms with van der Waals surface area (Å²) in [6.45, 7) is -5.15. The van der Waals surface area contributed by atoms with Crippen LogP contribution in [0.15, 0.2) is 5.11 Å². The first-order valence-corrected chi connectivity index (χ1v) is 4.04. The molecule has 15 heavy (non-hydrogen) atoms. The number of hydrogen-bond donors (Lipinski definition) is 0. The quantitative estimate of drug-likeness (QED) is 0.198. The summed E-state index contributed by atoms with van der Waals surface area (Å²) in [5.41, 5.74) is 8.09. The van der Waals surface area contributed by atoms with Crippen LogP contribution in [0.4, 0.5) is 0 Å². The highest BCUT2D eigenvalue weighted by Crippen LogP contribution is 1.90. The van der Waals surface area contributed by atoms with Gasteiger partial charge in [-0.15, -0.1) is 0 Å². The van der Waals surface area contributed by atoms with Crippen LogP contribution in [0.1, 0.15) is 18.8 Å². The Labute approximate surface area is 92.6 Å². The summed E-state index contributed by atoms with van der Waals surface area (Å²) in [5, 5.41) is 2.61. The van der Waals surface area contributed by atoms with E-state index in [0.717, 1.165) is 0 Å².